The average molecular weight is 1300 g/mol. The second-order valence-corrected chi connectivity index (χ2v) is 23.0. The summed E-state index contributed by atoms with van der Waals surface area (Å²) < 4.78 is 18.6. The summed E-state index contributed by atoms with van der Waals surface area (Å²) >= 11 is 13.8. The summed E-state index contributed by atoms with van der Waals surface area (Å²) in [6.45, 7) is 0.558. The van der Waals surface area contributed by atoms with Crippen LogP contribution in [0.15, 0.2) is 120 Å². The second kappa shape index (κ2) is 25.7. The van der Waals surface area contributed by atoms with Gasteiger partial charge in [0.25, 0.3) is 11.8 Å². The highest BCUT2D eigenvalue weighted by atomic mass is 35.5. The van der Waals surface area contributed by atoms with Gasteiger partial charge in [-0.15, -0.1) is 0 Å². The lowest BCUT2D eigenvalue weighted by Gasteiger charge is -2.29. The molecule has 0 aliphatic carbocycles. The van der Waals surface area contributed by atoms with E-state index in [1.54, 1.807) is 12.1 Å². The molecule has 0 saturated carbocycles. The number of likely N-dealkylation sites (N-methyl/N-ethyl adjacent to an activating group) is 1. The number of carbonyl (C=O) groups excluding carboxylic acids is 7. The van der Waals surface area contributed by atoms with E-state index in [9.17, 15) is 45.3 Å². The number of ether oxygens (including phenoxy) is 3. The maximum Gasteiger partial charge on any atom is 0.273 e. The number of fused-ring (bicyclic) bond motifs is 14. The fourth-order valence-electron chi connectivity index (χ4n) is 11.0. The van der Waals surface area contributed by atoms with Crippen LogP contribution in [-0.4, -0.2) is 128 Å². The van der Waals surface area contributed by atoms with Gasteiger partial charge in [0, 0.05) is 41.8 Å². The molecule has 474 valence electrons. The number of phenolic OH excluding ortho intramolecular Hbond substituents is 6. The number of rotatable bonds is 6. The number of hydrogen-bond donors (Lipinski definition) is 14. The summed E-state index contributed by atoms with van der Waals surface area (Å²) in [4.78, 5) is 112. The number of halogens is 2. The van der Waals surface area contributed by atoms with Gasteiger partial charge in [-0.3, -0.25) is 33.6 Å². The van der Waals surface area contributed by atoms with Crippen molar-refractivity contribution >= 4 is 70.3 Å². The molecule has 7 amide bonds. The molecule has 13 rings (SSSR count). The molecule has 6 aliphatic rings. The molecule has 6 aliphatic heterocycles. The molecule has 6 heterocycles. The Hall–Kier alpha value is -10.6. The lowest BCUT2D eigenvalue weighted by Crippen LogP contribution is -2.53. The van der Waals surface area contributed by atoms with Crippen LogP contribution in [0.25, 0.3) is 11.1 Å². The van der Waals surface area contributed by atoms with Crippen molar-refractivity contribution in [3.63, 3.8) is 0 Å². The molecule has 0 spiro atoms. The van der Waals surface area contributed by atoms with Gasteiger partial charge in [-0.05, 0) is 140 Å². The molecule has 7 aromatic carbocycles. The van der Waals surface area contributed by atoms with Gasteiger partial charge in [-0.25, -0.2) is 4.99 Å². The molecular weight excluding hydrogens is 1240 g/mol. The number of aromatic hydroxyl groups is 6. The molecule has 92 heavy (non-hydrogen) atoms. The van der Waals surface area contributed by atoms with Gasteiger partial charge in [-0.1, -0.05) is 53.5 Å². The topological polar surface area (TPSA) is 389 Å². The van der Waals surface area contributed by atoms with Crippen LogP contribution in [0, 0.1) is 0 Å². The van der Waals surface area contributed by atoms with E-state index in [-0.39, 0.29) is 85.5 Å². The van der Waals surface area contributed by atoms with Crippen LogP contribution in [-0.2, 0) is 40.0 Å². The maximum absolute atomic E-state index is 15.9. The van der Waals surface area contributed by atoms with Crippen LogP contribution in [0.2, 0.25) is 10.0 Å². The summed E-state index contributed by atoms with van der Waals surface area (Å²) in [5, 5.41) is 99.2. The van der Waals surface area contributed by atoms with Gasteiger partial charge >= 0.3 is 0 Å². The summed E-state index contributed by atoms with van der Waals surface area (Å²) in [5.41, 5.74) is -2.48. The summed E-state index contributed by atoms with van der Waals surface area (Å²) in [6.07, 6.45) is -2.06. The standard InChI is InChI=1S/C64H57Cl2N9O17/c1-67-50-29-8-13-41(78)45(20-29)91-34-25-37(49(66)43(80)26-34)54-63(88)71-52-31-21-46(90-33-10-5-27(6-11-33)17-39(58(83)72-54)69-60(50)85)57(82)47(22-31)92-44-14-9-30(19-38(44)65)56(81)55-64(89)73-53(59(84)68-15-4-16-75(2)3)36-23-32(76)24-42(79)48(36)35-18-28(7-12-40(35)77)51(61(86)74-55)70-62(52)87/h5-14,18-26,39,50-54,56,67,76-82H,4,15-17H2,1-3H3,(H,68,84)(H,69,85)(H,70,87)(H,71,88)(H,72,83)(H,73,89)/t39-,50-,51-,52-,53+,54+,56-/m1/s1. The summed E-state index contributed by atoms with van der Waals surface area (Å²) in [6, 6.07) is 12.3. The Balaban J connectivity index is 1.13. The van der Waals surface area contributed by atoms with E-state index in [1.807, 2.05) is 19.0 Å². The zero-order chi connectivity index (χ0) is 65.6. The molecule has 0 saturated heterocycles. The first kappa shape index (κ1) is 62.9. The van der Waals surface area contributed by atoms with Crippen LogP contribution in [0.1, 0.15) is 81.7 Å². The number of nitrogens with one attached hydrogen (secondary N) is 7. The quantitative estimate of drug-likeness (QED) is 0.0886. The molecule has 7 aromatic rings. The molecule has 28 heteroatoms. The van der Waals surface area contributed by atoms with Crippen LogP contribution in [0.4, 0.5) is 0 Å². The number of nitrogens with zero attached hydrogens (tertiary/aromatic N) is 2. The third-order valence-corrected chi connectivity index (χ3v) is 16.3. The first-order valence-electron chi connectivity index (χ1n) is 28.4. The molecule has 14 N–H and O–H groups in total. The van der Waals surface area contributed by atoms with E-state index in [1.165, 1.54) is 49.5 Å². The lowest BCUT2D eigenvalue weighted by atomic mass is 9.89. The van der Waals surface area contributed by atoms with Crippen molar-refractivity contribution in [3.8, 4) is 80.1 Å². The van der Waals surface area contributed by atoms with Gasteiger partial charge < -0.3 is 92.1 Å². The highest BCUT2D eigenvalue weighted by Gasteiger charge is 2.40. The van der Waals surface area contributed by atoms with Crippen molar-refractivity contribution < 1.29 is 83.5 Å². The van der Waals surface area contributed by atoms with Crippen molar-refractivity contribution in [1.82, 2.24) is 42.1 Å². The zero-order valence-electron chi connectivity index (χ0n) is 48.7. The number of aliphatic imine (C=N–C) groups is 1. The SMILES string of the molecule is CN[C@H]1C(=O)N[C@@H]2Cc3ccc(cc3)Oc3cc4cc(c3O)Oc3ccc(cc3Cl)[C@@H](O)C3=NC(=O)[C@H](NC(=O)[C@@H]4NC(=O)[C@@H](NC2=O)c2cc(cc(O)c2Cl)Oc2cc1ccc2O)c1ccc(O)c(c1)-c1c(O)cc(O)cc1[C@@H](C(=O)NCCCN(C)C)NC3=O. The highest BCUT2D eigenvalue weighted by molar-refractivity contribution is 6.42. The molecule has 26 nitrogen and oxygen atoms in total. The molecule has 0 fully saturated rings. The molecular formula is C64H57Cl2N9O17. The van der Waals surface area contributed by atoms with Crippen LogP contribution < -0.4 is 51.4 Å². The monoisotopic (exact) mass is 1290 g/mol. The largest absolute Gasteiger partial charge is 0.508 e. The Bertz CT molecular complexity index is 4240. The number of benzene rings is 7. The first-order valence-corrected chi connectivity index (χ1v) is 29.1. The van der Waals surface area contributed by atoms with Gasteiger partial charge in [0.05, 0.1) is 10.0 Å². The van der Waals surface area contributed by atoms with E-state index < -0.39 is 140 Å². The van der Waals surface area contributed by atoms with Crippen LogP contribution in [0.5, 0.6) is 69.0 Å². The average Bonchev–Trinajstić information content (AvgIpc) is 0.802. The van der Waals surface area contributed by atoms with Crippen LogP contribution >= 0.6 is 23.2 Å². The van der Waals surface area contributed by atoms with Crippen molar-refractivity contribution in [2.75, 3.05) is 34.2 Å². The Morgan fingerprint density at radius 2 is 1.27 bits per heavy atom. The Labute approximate surface area is 532 Å². The van der Waals surface area contributed by atoms with Crippen molar-refractivity contribution in [2.24, 2.45) is 4.99 Å². The zero-order valence-corrected chi connectivity index (χ0v) is 50.2. The summed E-state index contributed by atoms with van der Waals surface area (Å²) in [7, 11) is 5.09. The van der Waals surface area contributed by atoms with E-state index >= 15 is 24.0 Å². The number of aliphatic hydroxyl groups is 1. The lowest BCUT2D eigenvalue weighted by molar-refractivity contribution is -0.134. The minimum Gasteiger partial charge on any atom is -0.508 e. The number of hydrogen-bond acceptors (Lipinski definition) is 19. The smallest absolute Gasteiger partial charge is 0.273 e. The van der Waals surface area contributed by atoms with Crippen molar-refractivity contribution in [2.45, 2.75) is 55.2 Å². The van der Waals surface area contributed by atoms with Gasteiger partial charge in [-0.2, -0.15) is 0 Å². The van der Waals surface area contributed by atoms with Gasteiger partial charge in [0.2, 0.25) is 35.3 Å². The normalized spacial score (nSPS) is 20.5. The predicted molar refractivity (Wildman–Crippen MR) is 329 cm³/mol. The molecule has 17 bridgehead atoms. The summed E-state index contributed by atoms with van der Waals surface area (Å²) in [5.74, 6) is -13.5. The molecule has 0 aromatic heterocycles. The number of amides is 7. The first-order chi connectivity index (χ1) is 43.9. The minimum atomic E-state index is -2.21. The van der Waals surface area contributed by atoms with Crippen molar-refractivity contribution in [3.05, 3.63) is 164 Å². The third-order valence-electron chi connectivity index (χ3n) is 15.6. The van der Waals surface area contributed by atoms with Gasteiger partial charge in [0.15, 0.2) is 23.0 Å². The molecule has 0 radical (unpaired) electrons. The molecule has 0 unspecified atom stereocenters. The maximum atomic E-state index is 15.9. The second-order valence-electron chi connectivity index (χ2n) is 22.2. The van der Waals surface area contributed by atoms with E-state index in [2.05, 4.69) is 42.2 Å². The van der Waals surface area contributed by atoms with Crippen molar-refractivity contribution in [1.29, 1.82) is 0 Å². The number of carbonyl (C=O) groups is 7. The fraction of sp³-hybridized carbons (Fsp3) is 0.219. The Morgan fingerprint density at radius 3 is 2.00 bits per heavy atom. The van der Waals surface area contributed by atoms with Crippen LogP contribution in [0.3, 0.4) is 0 Å². The Kier molecular flexibility index (Phi) is 17.6. The highest BCUT2D eigenvalue weighted by Crippen LogP contribution is 2.48. The molecule has 7 atom stereocenters. The number of phenols is 6. The van der Waals surface area contributed by atoms with E-state index in [0.717, 1.165) is 60.7 Å². The van der Waals surface area contributed by atoms with Gasteiger partial charge in [0.1, 0.15) is 88.3 Å². The fourth-order valence-corrected chi connectivity index (χ4v) is 11.5. The minimum absolute atomic E-state index is 0.0412. The number of aliphatic hydroxyl groups excluding tert-OH is 1. The third kappa shape index (κ3) is 12.8. The predicted octanol–water partition coefficient (Wildman–Crippen LogP) is 5.71. The van der Waals surface area contributed by atoms with E-state index in [4.69, 9.17) is 37.4 Å². The van der Waals surface area contributed by atoms with E-state index in [0.29, 0.717) is 18.5 Å². The Morgan fingerprint density at radius 1 is 0.609 bits per heavy atom.